The van der Waals surface area contributed by atoms with Crippen LogP contribution in [0, 0.1) is 0 Å². The Morgan fingerprint density at radius 1 is 1.00 bits per heavy atom. The third-order valence-electron chi connectivity index (χ3n) is 6.22. The van der Waals surface area contributed by atoms with Gasteiger partial charge in [0.15, 0.2) is 0 Å². The van der Waals surface area contributed by atoms with Crippen molar-refractivity contribution in [3.63, 3.8) is 0 Å². The van der Waals surface area contributed by atoms with E-state index in [4.69, 9.17) is 4.74 Å². The Kier molecular flexibility index (Phi) is 6.77. The maximum atomic E-state index is 11.6. The number of nitrogens with zero attached hydrogens (tertiary/aromatic N) is 2. The fraction of sp³-hybridized carbons (Fsp3) is 0.545. The summed E-state index contributed by atoms with van der Waals surface area (Å²) in [6.07, 6.45) is 1.68. The Balaban J connectivity index is 0.00000210. The van der Waals surface area contributed by atoms with Gasteiger partial charge in [-0.25, -0.2) is 0 Å². The third kappa shape index (κ3) is 4.64. The van der Waals surface area contributed by atoms with Crippen molar-refractivity contribution in [1.29, 1.82) is 0 Å². The SMILES string of the molecule is CN1CCC(O)(C(CN2CCOCC2)c2ccc3ccccc3c2)CC1.Cl. The average molecular weight is 391 g/mol. The Morgan fingerprint density at radius 3 is 2.37 bits per heavy atom. The smallest absolute Gasteiger partial charge is 0.0752 e. The standard InChI is InChI=1S/C22H30N2O2.ClH/c1-23-10-8-22(25,9-11-23)21(17-24-12-14-26-15-13-24)20-7-6-18-4-2-3-5-19(18)16-20;/h2-7,16,21,25H,8-15,17H2,1H3;1H. The van der Waals surface area contributed by atoms with Gasteiger partial charge in [0.25, 0.3) is 0 Å². The molecule has 27 heavy (non-hydrogen) atoms. The Labute approximate surface area is 168 Å². The van der Waals surface area contributed by atoms with E-state index >= 15 is 0 Å². The van der Waals surface area contributed by atoms with Crippen LogP contribution in [0.4, 0.5) is 0 Å². The number of halogens is 1. The van der Waals surface area contributed by atoms with E-state index in [-0.39, 0.29) is 18.3 Å². The number of fused-ring (bicyclic) bond motifs is 1. The van der Waals surface area contributed by atoms with Gasteiger partial charge < -0.3 is 14.7 Å². The zero-order valence-corrected chi connectivity index (χ0v) is 17.0. The molecule has 2 saturated heterocycles. The van der Waals surface area contributed by atoms with Crippen LogP contribution in [0.1, 0.15) is 24.3 Å². The van der Waals surface area contributed by atoms with Gasteiger partial charge in [0.05, 0.1) is 18.8 Å². The molecule has 2 fully saturated rings. The fourth-order valence-corrected chi connectivity index (χ4v) is 4.41. The zero-order chi connectivity index (χ0) is 18.0. The van der Waals surface area contributed by atoms with Gasteiger partial charge in [-0.2, -0.15) is 0 Å². The van der Waals surface area contributed by atoms with Crippen LogP contribution in [0.3, 0.4) is 0 Å². The van der Waals surface area contributed by atoms with Gasteiger partial charge >= 0.3 is 0 Å². The fourth-order valence-electron chi connectivity index (χ4n) is 4.41. The minimum Gasteiger partial charge on any atom is -0.389 e. The lowest BCUT2D eigenvalue weighted by Crippen LogP contribution is -2.51. The number of aliphatic hydroxyl groups is 1. The first kappa shape index (κ1) is 20.6. The highest BCUT2D eigenvalue weighted by Crippen LogP contribution is 2.38. The van der Waals surface area contributed by atoms with Crippen LogP contribution in [-0.4, -0.2) is 73.5 Å². The first-order chi connectivity index (χ1) is 12.6. The van der Waals surface area contributed by atoms with Crippen molar-refractivity contribution >= 4 is 23.2 Å². The molecule has 148 valence electrons. The molecule has 2 heterocycles. The largest absolute Gasteiger partial charge is 0.389 e. The highest BCUT2D eigenvalue weighted by atomic mass is 35.5. The maximum Gasteiger partial charge on any atom is 0.0752 e. The summed E-state index contributed by atoms with van der Waals surface area (Å²) in [5.74, 6) is 0.138. The summed E-state index contributed by atoms with van der Waals surface area (Å²) in [4.78, 5) is 4.78. The second-order valence-electron chi connectivity index (χ2n) is 7.98. The van der Waals surface area contributed by atoms with E-state index in [1.54, 1.807) is 0 Å². The second kappa shape index (κ2) is 8.89. The van der Waals surface area contributed by atoms with Crippen LogP contribution in [0.25, 0.3) is 10.8 Å². The van der Waals surface area contributed by atoms with E-state index < -0.39 is 5.60 Å². The first-order valence-corrected chi connectivity index (χ1v) is 9.84. The van der Waals surface area contributed by atoms with Crippen molar-refractivity contribution in [3.8, 4) is 0 Å². The van der Waals surface area contributed by atoms with E-state index in [1.165, 1.54) is 16.3 Å². The molecule has 0 aromatic heterocycles. The quantitative estimate of drug-likeness (QED) is 0.870. The maximum absolute atomic E-state index is 11.6. The molecule has 2 aliphatic heterocycles. The van der Waals surface area contributed by atoms with Gasteiger partial charge in [-0.15, -0.1) is 12.4 Å². The van der Waals surface area contributed by atoms with Crippen molar-refractivity contribution in [2.75, 3.05) is 53.0 Å². The minimum atomic E-state index is -0.632. The molecule has 1 N–H and O–H groups in total. The average Bonchev–Trinajstić information content (AvgIpc) is 2.69. The van der Waals surface area contributed by atoms with Crippen LogP contribution >= 0.6 is 12.4 Å². The van der Waals surface area contributed by atoms with E-state index in [0.29, 0.717) is 0 Å². The summed E-state index contributed by atoms with van der Waals surface area (Å²) >= 11 is 0. The third-order valence-corrected chi connectivity index (χ3v) is 6.22. The predicted molar refractivity (Wildman–Crippen MR) is 113 cm³/mol. The summed E-state index contributed by atoms with van der Waals surface area (Å²) in [7, 11) is 2.15. The van der Waals surface area contributed by atoms with Crippen molar-refractivity contribution in [2.24, 2.45) is 0 Å². The molecule has 2 aromatic carbocycles. The Morgan fingerprint density at radius 2 is 1.67 bits per heavy atom. The van der Waals surface area contributed by atoms with E-state index in [0.717, 1.165) is 58.8 Å². The van der Waals surface area contributed by atoms with E-state index in [9.17, 15) is 5.11 Å². The van der Waals surface area contributed by atoms with E-state index in [2.05, 4.69) is 59.3 Å². The molecule has 0 aliphatic carbocycles. The number of ether oxygens (including phenoxy) is 1. The molecule has 0 radical (unpaired) electrons. The highest BCUT2D eigenvalue weighted by Gasteiger charge is 2.40. The van der Waals surface area contributed by atoms with Crippen LogP contribution in [0.5, 0.6) is 0 Å². The molecule has 4 rings (SSSR count). The van der Waals surface area contributed by atoms with Gasteiger partial charge in [0, 0.05) is 38.6 Å². The zero-order valence-electron chi connectivity index (χ0n) is 16.1. The summed E-state index contributed by atoms with van der Waals surface area (Å²) in [5, 5.41) is 14.1. The molecule has 0 saturated carbocycles. The van der Waals surface area contributed by atoms with Crippen molar-refractivity contribution in [2.45, 2.75) is 24.4 Å². The van der Waals surface area contributed by atoms with Crippen molar-refractivity contribution in [1.82, 2.24) is 9.80 Å². The highest BCUT2D eigenvalue weighted by molar-refractivity contribution is 5.85. The minimum absolute atomic E-state index is 0. The van der Waals surface area contributed by atoms with Crippen LogP contribution in [0.2, 0.25) is 0 Å². The normalized spacial score (nSPS) is 22.3. The van der Waals surface area contributed by atoms with Crippen LogP contribution < -0.4 is 0 Å². The molecule has 5 heteroatoms. The predicted octanol–water partition coefficient (Wildman–Crippen LogP) is 3.13. The molecule has 0 amide bonds. The van der Waals surface area contributed by atoms with Gasteiger partial charge in [-0.05, 0) is 36.2 Å². The van der Waals surface area contributed by atoms with Gasteiger partial charge in [0.1, 0.15) is 0 Å². The number of hydrogen-bond acceptors (Lipinski definition) is 4. The monoisotopic (exact) mass is 390 g/mol. The molecule has 1 unspecified atom stereocenters. The number of likely N-dealkylation sites (tertiary alicyclic amines) is 1. The molecular weight excluding hydrogens is 360 g/mol. The summed E-state index contributed by atoms with van der Waals surface area (Å²) in [6.45, 7) is 6.34. The molecule has 1 atom stereocenters. The number of rotatable bonds is 4. The number of morpholine rings is 1. The first-order valence-electron chi connectivity index (χ1n) is 9.84. The number of hydrogen-bond donors (Lipinski definition) is 1. The lowest BCUT2D eigenvalue weighted by molar-refractivity contribution is -0.0537. The van der Waals surface area contributed by atoms with Crippen molar-refractivity contribution in [3.05, 3.63) is 48.0 Å². The summed E-state index contributed by atoms with van der Waals surface area (Å²) < 4.78 is 5.52. The Hall–Kier alpha value is -1.17. The molecular formula is C22H31ClN2O2. The molecule has 0 bridgehead atoms. The number of benzene rings is 2. The second-order valence-corrected chi connectivity index (χ2v) is 7.98. The van der Waals surface area contributed by atoms with Gasteiger partial charge in [-0.3, -0.25) is 4.90 Å². The topological polar surface area (TPSA) is 35.9 Å². The summed E-state index contributed by atoms with van der Waals surface area (Å²) in [6, 6.07) is 15.2. The molecule has 2 aromatic rings. The lowest BCUT2D eigenvalue weighted by Gasteiger charge is -2.44. The molecule has 2 aliphatic rings. The lowest BCUT2D eigenvalue weighted by atomic mass is 9.75. The van der Waals surface area contributed by atoms with Crippen molar-refractivity contribution < 1.29 is 9.84 Å². The van der Waals surface area contributed by atoms with Gasteiger partial charge in [-0.1, -0.05) is 42.5 Å². The van der Waals surface area contributed by atoms with E-state index in [1.807, 2.05) is 0 Å². The Bertz CT molecular complexity index is 740. The summed E-state index contributed by atoms with van der Waals surface area (Å²) in [5.41, 5.74) is 0.634. The number of piperidine rings is 1. The van der Waals surface area contributed by atoms with Crippen LogP contribution in [0.15, 0.2) is 42.5 Å². The molecule has 0 spiro atoms. The molecule has 4 nitrogen and oxygen atoms in total. The van der Waals surface area contributed by atoms with Crippen LogP contribution in [-0.2, 0) is 4.74 Å². The van der Waals surface area contributed by atoms with Gasteiger partial charge in [0.2, 0.25) is 0 Å².